The number of nitrogens with one attached hydrogen (secondary N) is 1. The SMILES string of the molecule is CC(C)(C)OC(=O)NCCCCC(=O)I. The first kappa shape index (κ1) is 14.7. The number of hydrogen-bond donors (Lipinski definition) is 1. The summed E-state index contributed by atoms with van der Waals surface area (Å²) < 4.78 is 5.20. The lowest BCUT2D eigenvalue weighted by molar-refractivity contribution is -0.109. The second-order valence-electron chi connectivity index (χ2n) is 4.24. The Balaban J connectivity index is 3.44. The normalized spacial score (nSPS) is 10.9. The summed E-state index contributed by atoms with van der Waals surface area (Å²) >= 11 is 1.77. The molecule has 0 rings (SSSR count). The molecule has 4 nitrogen and oxygen atoms in total. The quantitative estimate of drug-likeness (QED) is 0.480. The Hall–Kier alpha value is -0.330. The Labute approximate surface area is 104 Å². The average molecular weight is 327 g/mol. The van der Waals surface area contributed by atoms with Gasteiger partial charge < -0.3 is 10.1 Å². The molecule has 0 heterocycles. The summed E-state index contributed by atoms with van der Waals surface area (Å²) in [6.07, 6.45) is 1.77. The van der Waals surface area contributed by atoms with E-state index in [1.54, 1.807) is 22.6 Å². The molecular formula is C10H18INO3. The zero-order valence-corrected chi connectivity index (χ0v) is 11.6. The van der Waals surface area contributed by atoms with Crippen LogP contribution in [0.5, 0.6) is 0 Å². The lowest BCUT2D eigenvalue weighted by Crippen LogP contribution is -2.33. The molecule has 0 unspecified atom stereocenters. The fourth-order valence-electron chi connectivity index (χ4n) is 0.894. The van der Waals surface area contributed by atoms with Crippen molar-refractivity contribution in [2.24, 2.45) is 0 Å². The Bertz CT molecular complexity index is 223. The van der Waals surface area contributed by atoms with Gasteiger partial charge in [-0.15, -0.1) is 0 Å². The van der Waals surface area contributed by atoms with Gasteiger partial charge in [0.25, 0.3) is 0 Å². The van der Waals surface area contributed by atoms with Crippen LogP contribution in [0.2, 0.25) is 0 Å². The van der Waals surface area contributed by atoms with Crippen molar-refractivity contribution in [3.8, 4) is 0 Å². The first-order chi connectivity index (χ1) is 6.81. The van der Waals surface area contributed by atoms with Crippen LogP contribution in [0.25, 0.3) is 0 Å². The molecule has 88 valence electrons. The largest absolute Gasteiger partial charge is 0.444 e. The molecule has 15 heavy (non-hydrogen) atoms. The summed E-state index contributed by atoms with van der Waals surface area (Å²) in [4.78, 5) is 21.8. The van der Waals surface area contributed by atoms with Gasteiger partial charge in [0, 0.05) is 13.0 Å². The first-order valence-electron chi connectivity index (χ1n) is 4.96. The number of carbonyl (C=O) groups is 2. The molecule has 0 saturated heterocycles. The lowest BCUT2D eigenvalue weighted by atomic mass is 10.2. The van der Waals surface area contributed by atoms with E-state index in [1.165, 1.54) is 0 Å². The number of amides is 1. The van der Waals surface area contributed by atoms with Crippen LogP contribution in [0.3, 0.4) is 0 Å². The molecule has 0 spiro atoms. The minimum Gasteiger partial charge on any atom is -0.444 e. The third-order valence-electron chi connectivity index (χ3n) is 1.47. The lowest BCUT2D eigenvalue weighted by Gasteiger charge is -2.19. The second kappa shape index (κ2) is 7.03. The fourth-order valence-corrected chi connectivity index (χ4v) is 1.28. The zero-order valence-electron chi connectivity index (χ0n) is 9.43. The van der Waals surface area contributed by atoms with Crippen molar-refractivity contribution in [2.75, 3.05) is 6.54 Å². The molecule has 0 aromatic carbocycles. The Morgan fingerprint density at radius 2 is 1.87 bits per heavy atom. The maximum Gasteiger partial charge on any atom is 0.407 e. The summed E-state index contributed by atoms with van der Waals surface area (Å²) in [6, 6.07) is 0. The number of unbranched alkanes of at least 4 members (excludes halogenated alkanes) is 1. The standard InChI is InChI=1S/C10H18INO3/c1-10(2,3)15-9(14)12-7-5-4-6-8(11)13/h4-7H2,1-3H3,(H,12,14). The highest BCUT2D eigenvalue weighted by Crippen LogP contribution is 2.06. The molecule has 0 radical (unpaired) electrons. The van der Waals surface area contributed by atoms with Crippen LogP contribution in [-0.4, -0.2) is 22.0 Å². The van der Waals surface area contributed by atoms with Crippen LogP contribution in [0, 0.1) is 0 Å². The van der Waals surface area contributed by atoms with E-state index in [4.69, 9.17) is 4.74 Å². The number of halogens is 1. The van der Waals surface area contributed by atoms with E-state index < -0.39 is 11.7 Å². The van der Waals surface area contributed by atoms with Crippen LogP contribution in [0.1, 0.15) is 40.0 Å². The number of rotatable bonds is 5. The molecule has 0 aliphatic heterocycles. The third kappa shape index (κ3) is 11.6. The molecule has 0 aliphatic carbocycles. The van der Waals surface area contributed by atoms with Gasteiger partial charge >= 0.3 is 6.09 Å². The van der Waals surface area contributed by atoms with Crippen molar-refractivity contribution < 1.29 is 14.3 Å². The molecule has 5 heteroatoms. The van der Waals surface area contributed by atoms with Gasteiger partial charge in [0.15, 0.2) is 3.79 Å². The summed E-state index contributed by atoms with van der Waals surface area (Å²) in [5, 5.41) is 2.64. The van der Waals surface area contributed by atoms with Gasteiger partial charge in [0.2, 0.25) is 0 Å². The zero-order chi connectivity index (χ0) is 11.9. The van der Waals surface area contributed by atoms with Crippen LogP contribution in [0.15, 0.2) is 0 Å². The van der Waals surface area contributed by atoms with Crippen molar-refractivity contribution in [1.82, 2.24) is 5.32 Å². The van der Waals surface area contributed by atoms with E-state index in [0.717, 1.165) is 12.8 Å². The molecule has 1 amide bonds. The highest BCUT2D eigenvalue weighted by atomic mass is 127. The summed E-state index contributed by atoms with van der Waals surface area (Å²) in [7, 11) is 0. The van der Waals surface area contributed by atoms with Crippen LogP contribution in [0.4, 0.5) is 4.79 Å². The summed E-state index contributed by atoms with van der Waals surface area (Å²) in [6.45, 7) is 6.02. The number of alkyl carbamates (subject to hydrolysis) is 1. The first-order valence-corrected chi connectivity index (χ1v) is 6.04. The smallest absolute Gasteiger partial charge is 0.407 e. The van der Waals surface area contributed by atoms with E-state index in [1.807, 2.05) is 20.8 Å². The van der Waals surface area contributed by atoms with Gasteiger partial charge in [-0.2, -0.15) is 0 Å². The van der Waals surface area contributed by atoms with Crippen LogP contribution >= 0.6 is 22.6 Å². The molecule has 1 N–H and O–H groups in total. The fraction of sp³-hybridized carbons (Fsp3) is 0.800. The van der Waals surface area contributed by atoms with Gasteiger partial charge in [0.1, 0.15) is 5.60 Å². The number of hydrogen-bond acceptors (Lipinski definition) is 3. The van der Waals surface area contributed by atoms with Crippen molar-refractivity contribution >= 4 is 32.5 Å². The number of ether oxygens (including phenoxy) is 1. The van der Waals surface area contributed by atoms with E-state index in [-0.39, 0.29) is 3.79 Å². The van der Waals surface area contributed by atoms with Gasteiger partial charge in [-0.25, -0.2) is 4.79 Å². The minimum atomic E-state index is -0.456. The molecule has 0 aromatic heterocycles. The van der Waals surface area contributed by atoms with Gasteiger partial charge in [0.05, 0.1) is 0 Å². The topological polar surface area (TPSA) is 55.4 Å². The predicted octanol–water partition coefficient (Wildman–Crippen LogP) is 2.64. The van der Waals surface area contributed by atoms with Gasteiger partial charge in [-0.3, -0.25) is 4.79 Å². The number of carbonyl (C=O) groups excluding carboxylic acids is 2. The maximum atomic E-state index is 11.2. The Kier molecular flexibility index (Phi) is 6.87. The van der Waals surface area contributed by atoms with Gasteiger partial charge in [-0.1, -0.05) is 0 Å². The third-order valence-corrected chi connectivity index (χ3v) is 2.01. The van der Waals surface area contributed by atoms with Crippen molar-refractivity contribution in [3.63, 3.8) is 0 Å². The highest BCUT2D eigenvalue weighted by Gasteiger charge is 2.15. The van der Waals surface area contributed by atoms with Crippen LogP contribution in [-0.2, 0) is 9.53 Å². The van der Waals surface area contributed by atoms with Crippen molar-refractivity contribution in [1.29, 1.82) is 0 Å². The van der Waals surface area contributed by atoms with Gasteiger partial charge in [-0.05, 0) is 56.2 Å². The molecule has 0 fully saturated rings. The molecule has 0 aliphatic rings. The minimum absolute atomic E-state index is 0.157. The van der Waals surface area contributed by atoms with E-state index >= 15 is 0 Å². The monoisotopic (exact) mass is 327 g/mol. The van der Waals surface area contributed by atoms with Crippen molar-refractivity contribution in [3.05, 3.63) is 0 Å². The highest BCUT2D eigenvalue weighted by molar-refractivity contribution is 14.1. The molecule has 0 bridgehead atoms. The summed E-state index contributed by atoms with van der Waals surface area (Å²) in [5.41, 5.74) is -0.456. The molecular weight excluding hydrogens is 309 g/mol. The van der Waals surface area contributed by atoms with Crippen molar-refractivity contribution in [2.45, 2.75) is 45.6 Å². The Morgan fingerprint density at radius 1 is 1.27 bits per heavy atom. The second-order valence-corrected chi connectivity index (χ2v) is 5.44. The average Bonchev–Trinajstić information content (AvgIpc) is 1.99. The van der Waals surface area contributed by atoms with E-state index in [9.17, 15) is 9.59 Å². The Morgan fingerprint density at radius 3 is 2.33 bits per heavy atom. The summed E-state index contributed by atoms with van der Waals surface area (Å²) in [5.74, 6) is 0. The van der Waals surface area contributed by atoms with E-state index in [0.29, 0.717) is 13.0 Å². The molecule has 0 atom stereocenters. The molecule has 0 aromatic rings. The maximum absolute atomic E-state index is 11.2. The molecule has 0 saturated carbocycles. The van der Waals surface area contributed by atoms with Crippen LogP contribution < -0.4 is 5.32 Å². The van der Waals surface area contributed by atoms with E-state index in [2.05, 4.69) is 5.32 Å². The predicted molar refractivity (Wildman–Crippen MR) is 67.1 cm³/mol.